The predicted octanol–water partition coefficient (Wildman–Crippen LogP) is 3.03. The Morgan fingerprint density at radius 3 is 2.67 bits per heavy atom. The van der Waals surface area contributed by atoms with Crippen LogP contribution in [0.25, 0.3) is 0 Å². The van der Waals surface area contributed by atoms with Crippen molar-refractivity contribution >= 4 is 11.4 Å². The Hall–Kier alpha value is -2.23. The zero-order valence-electron chi connectivity index (χ0n) is 10.1. The molecule has 0 bridgehead atoms. The summed E-state index contributed by atoms with van der Waals surface area (Å²) in [5.41, 5.74) is 7.80. The van der Waals surface area contributed by atoms with Gasteiger partial charge >= 0.3 is 0 Å². The van der Waals surface area contributed by atoms with Crippen LogP contribution in [0.2, 0.25) is 0 Å². The lowest BCUT2D eigenvalue weighted by Gasteiger charge is -2.11. The Balaban J connectivity index is 2.09. The second-order valence-electron chi connectivity index (χ2n) is 3.90. The summed E-state index contributed by atoms with van der Waals surface area (Å²) in [6, 6.07) is 12.0. The Labute approximate surface area is 105 Å². The molecule has 3 nitrogen and oxygen atoms in total. The zero-order valence-corrected chi connectivity index (χ0v) is 10.1. The van der Waals surface area contributed by atoms with Gasteiger partial charge < -0.3 is 15.8 Å². The average Bonchev–Trinajstić information content (AvgIpc) is 2.39. The average molecular weight is 246 g/mol. The summed E-state index contributed by atoms with van der Waals surface area (Å²) in [6.45, 7) is 0.392. The Morgan fingerprint density at radius 2 is 2.00 bits per heavy atom. The summed E-state index contributed by atoms with van der Waals surface area (Å²) in [6.07, 6.45) is 0. The molecule has 0 aliphatic heterocycles. The van der Waals surface area contributed by atoms with Crippen LogP contribution in [0.1, 0.15) is 5.56 Å². The lowest BCUT2D eigenvalue weighted by molar-refractivity contribution is 0.415. The molecule has 0 heterocycles. The molecule has 4 heteroatoms. The molecule has 94 valence electrons. The number of nitrogens with one attached hydrogen (secondary N) is 1. The molecule has 0 saturated carbocycles. The van der Waals surface area contributed by atoms with Crippen LogP contribution in [-0.2, 0) is 6.54 Å². The van der Waals surface area contributed by atoms with Gasteiger partial charge in [0, 0.05) is 18.2 Å². The molecular formula is C14H15FN2O. The number of methoxy groups -OCH3 is 1. The van der Waals surface area contributed by atoms with Gasteiger partial charge in [-0.2, -0.15) is 0 Å². The van der Waals surface area contributed by atoms with E-state index in [1.165, 1.54) is 6.07 Å². The van der Waals surface area contributed by atoms with E-state index in [4.69, 9.17) is 10.5 Å². The van der Waals surface area contributed by atoms with Crippen molar-refractivity contribution in [2.75, 3.05) is 18.2 Å². The monoisotopic (exact) mass is 246 g/mol. The van der Waals surface area contributed by atoms with Gasteiger partial charge in [-0.05, 0) is 18.2 Å². The van der Waals surface area contributed by atoms with Crippen molar-refractivity contribution < 1.29 is 9.13 Å². The van der Waals surface area contributed by atoms with Crippen molar-refractivity contribution in [1.82, 2.24) is 0 Å². The van der Waals surface area contributed by atoms with Crippen molar-refractivity contribution in [1.29, 1.82) is 0 Å². The largest absolute Gasteiger partial charge is 0.497 e. The van der Waals surface area contributed by atoms with Crippen molar-refractivity contribution in [2.45, 2.75) is 6.54 Å². The Morgan fingerprint density at radius 1 is 1.22 bits per heavy atom. The first-order chi connectivity index (χ1) is 8.70. The van der Waals surface area contributed by atoms with Crippen LogP contribution in [0, 0.1) is 5.82 Å². The fourth-order valence-electron chi connectivity index (χ4n) is 1.66. The van der Waals surface area contributed by atoms with Gasteiger partial charge in [0.1, 0.15) is 11.6 Å². The van der Waals surface area contributed by atoms with E-state index < -0.39 is 0 Å². The molecule has 0 atom stereocenters. The first-order valence-electron chi connectivity index (χ1n) is 5.61. The highest BCUT2D eigenvalue weighted by atomic mass is 19.1. The number of anilines is 2. The summed E-state index contributed by atoms with van der Waals surface area (Å²) in [5.74, 6) is 0.473. The molecule has 0 fully saturated rings. The van der Waals surface area contributed by atoms with Crippen LogP contribution in [0.15, 0.2) is 42.5 Å². The van der Waals surface area contributed by atoms with Gasteiger partial charge in [-0.3, -0.25) is 0 Å². The maximum atomic E-state index is 13.4. The van der Waals surface area contributed by atoms with Crippen molar-refractivity contribution in [3.8, 4) is 5.75 Å². The van der Waals surface area contributed by atoms with E-state index >= 15 is 0 Å². The number of halogens is 1. The summed E-state index contributed by atoms with van der Waals surface area (Å²) in [4.78, 5) is 0. The number of ether oxygens (including phenoxy) is 1. The van der Waals surface area contributed by atoms with E-state index in [9.17, 15) is 4.39 Å². The number of nitrogen functional groups attached to an aromatic ring is 1. The fraction of sp³-hybridized carbons (Fsp3) is 0.143. The van der Waals surface area contributed by atoms with E-state index in [1.54, 1.807) is 37.4 Å². The lowest BCUT2D eigenvalue weighted by atomic mass is 10.2. The second kappa shape index (κ2) is 5.40. The van der Waals surface area contributed by atoms with E-state index in [1.807, 2.05) is 6.07 Å². The smallest absolute Gasteiger partial charge is 0.128 e. The third-order valence-electron chi connectivity index (χ3n) is 2.69. The summed E-state index contributed by atoms with van der Waals surface area (Å²) in [7, 11) is 1.58. The first kappa shape index (κ1) is 12.2. The van der Waals surface area contributed by atoms with Gasteiger partial charge in [-0.1, -0.05) is 18.2 Å². The number of hydrogen-bond donors (Lipinski definition) is 2. The first-order valence-corrected chi connectivity index (χ1v) is 5.61. The number of benzene rings is 2. The number of nitrogens with two attached hydrogens (primary N) is 1. The van der Waals surface area contributed by atoms with E-state index in [2.05, 4.69) is 5.32 Å². The molecule has 0 aromatic heterocycles. The molecule has 0 spiro atoms. The third kappa shape index (κ3) is 2.71. The minimum Gasteiger partial charge on any atom is -0.497 e. The van der Waals surface area contributed by atoms with Crippen LogP contribution in [0.4, 0.5) is 15.8 Å². The van der Waals surface area contributed by atoms with Crippen LogP contribution in [-0.4, -0.2) is 7.11 Å². The van der Waals surface area contributed by atoms with Gasteiger partial charge in [-0.15, -0.1) is 0 Å². The molecule has 0 saturated heterocycles. The molecule has 2 rings (SSSR count). The molecule has 0 unspecified atom stereocenters. The standard InChI is InChI=1S/C14H15FN2O/c1-18-11-6-7-14(13(16)8-11)17-9-10-4-2-3-5-12(10)15/h2-8,17H,9,16H2,1H3. The van der Waals surface area contributed by atoms with E-state index in [0.717, 1.165) is 5.69 Å². The molecule has 0 amide bonds. The van der Waals surface area contributed by atoms with Gasteiger partial charge in [-0.25, -0.2) is 4.39 Å². The molecule has 0 radical (unpaired) electrons. The molecule has 18 heavy (non-hydrogen) atoms. The molecule has 0 aliphatic rings. The lowest BCUT2D eigenvalue weighted by Crippen LogP contribution is -2.04. The van der Waals surface area contributed by atoms with Crippen molar-refractivity contribution in [3.63, 3.8) is 0 Å². The van der Waals surface area contributed by atoms with Crippen LogP contribution in [0.5, 0.6) is 5.75 Å². The second-order valence-corrected chi connectivity index (χ2v) is 3.90. The summed E-state index contributed by atoms with van der Waals surface area (Å²) < 4.78 is 18.5. The van der Waals surface area contributed by atoms with Crippen LogP contribution in [0.3, 0.4) is 0 Å². The van der Waals surface area contributed by atoms with Crippen molar-refractivity contribution in [2.24, 2.45) is 0 Å². The van der Waals surface area contributed by atoms with Crippen molar-refractivity contribution in [3.05, 3.63) is 53.8 Å². The quantitative estimate of drug-likeness (QED) is 0.815. The zero-order chi connectivity index (χ0) is 13.0. The maximum Gasteiger partial charge on any atom is 0.128 e. The maximum absolute atomic E-state index is 13.4. The van der Waals surface area contributed by atoms with Gasteiger partial charge in [0.05, 0.1) is 18.5 Å². The molecule has 2 aromatic carbocycles. The van der Waals surface area contributed by atoms with Crippen LogP contribution < -0.4 is 15.8 Å². The highest BCUT2D eigenvalue weighted by molar-refractivity contribution is 5.68. The van der Waals surface area contributed by atoms with E-state index in [-0.39, 0.29) is 5.82 Å². The highest BCUT2D eigenvalue weighted by Crippen LogP contribution is 2.24. The van der Waals surface area contributed by atoms with Gasteiger partial charge in [0.25, 0.3) is 0 Å². The summed E-state index contributed by atoms with van der Waals surface area (Å²) in [5, 5.41) is 3.10. The van der Waals surface area contributed by atoms with E-state index in [0.29, 0.717) is 23.5 Å². The normalized spacial score (nSPS) is 10.1. The Bertz CT molecular complexity index is 543. The SMILES string of the molecule is COc1ccc(NCc2ccccc2F)c(N)c1. The minimum atomic E-state index is -0.225. The molecule has 3 N–H and O–H groups in total. The molecule has 0 aliphatic carbocycles. The molecular weight excluding hydrogens is 231 g/mol. The third-order valence-corrected chi connectivity index (χ3v) is 2.69. The minimum absolute atomic E-state index is 0.225. The highest BCUT2D eigenvalue weighted by Gasteiger charge is 2.03. The number of hydrogen-bond acceptors (Lipinski definition) is 3. The summed E-state index contributed by atoms with van der Waals surface area (Å²) >= 11 is 0. The topological polar surface area (TPSA) is 47.3 Å². The molecule has 2 aromatic rings. The Kier molecular flexibility index (Phi) is 3.67. The van der Waals surface area contributed by atoms with Crippen LogP contribution >= 0.6 is 0 Å². The van der Waals surface area contributed by atoms with Gasteiger partial charge in [0.15, 0.2) is 0 Å². The van der Waals surface area contributed by atoms with Gasteiger partial charge in [0.2, 0.25) is 0 Å². The predicted molar refractivity (Wildman–Crippen MR) is 71.1 cm³/mol. The fourth-order valence-corrected chi connectivity index (χ4v) is 1.66. The number of rotatable bonds is 4.